The number of allylic oxidation sites excluding steroid dienone is 2. The Hall–Kier alpha value is -2.01. The summed E-state index contributed by atoms with van der Waals surface area (Å²) in [6.07, 6.45) is 0.206. The molecule has 13 nitrogen and oxygen atoms in total. The number of ether oxygens (including phenoxy) is 6. The van der Waals surface area contributed by atoms with Crippen LogP contribution in [0.3, 0.4) is 0 Å². The maximum atomic E-state index is 14.2. The molecule has 4 saturated heterocycles. The molecule has 5 aliphatic heterocycles. The Balaban J connectivity index is 1.39. The summed E-state index contributed by atoms with van der Waals surface area (Å²) in [6, 6.07) is 0. The van der Waals surface area contributed by atoms with Crippen LogP contribution in [0.25, 0.3) is 0 Å². The largest absolute Gasteiger partial charge is 0.462 e. The first-order valence-electron chi connectivity index (χ1n) is 18.9. The van der Waals surface area contributed by atoms with Crippen molar-refractivity contribution in [1.82, 2.24) is 0 Å². The molecule has 16 atom stereocenters. The van der Waals surface area contributed by atoms with Crippen LogP contribution in [0, 0.1) is 23.7 Å². The van der Waals surface area contributed by atoms with Crippen molar-refractivity contribution in [3.8, 4) is 0 Å². The van der Waals surface area contributed by atoms with Crippen LogP contribution < -0.4 is 0 Å². The van der Waals surface area contributed by atoms with E-state index in [1.54, 1.807) is 25.2 Å². The molecule has 4 fully saturated rings. The fourth-order valence-corrected chi connectivity index (χ4v) is 8.98. The first-order chi connectivity index (χ1) is 24.6. The summed E-state index contributed by atoms with van der Waals surface area (Å²) in [6.45, 7) is 11.3. The number of hydrogen-bond acceptors (Lipinski definition) is 13. The standard InChI is InChI=1S/C39H58O13/c1-19(2)33-22(5)12-13-38(52-33)16-26-15-25(51-38)11-10-21(4)34(50-37-32(44)31(43)30(42)28(17-40)49-37)20(3)8-7-9-24-18-47-35-29(41)23(6)14-27(36(45)48-26)39(24,35)46/h7-10,14,19-20,22,25-35,37,40-44,46H,11-13,15-18H2,1-6H3/b8-7+,21-10+,24-9+/t20-,22-,25+,26-,27-,28+,29+,30+,31-,32+,33+,34-,35+,37-,38+,39+/m0/s1. The zero-order valence-electron chi connectivity index (χ0n) is 31.0. The van der Waals surface area contributed by atoms with Gasteiger partial charge in [0.05, 0.1) is 31.5 Å². The molecule has 6 rings (SSSR count). The fraction of sp³-hybridized carbons (Fsp3) is 0.769. The van der Waals surface area contributed by atoms with Crippen LogP contribution in [-0.2, 0) is 33.2 Å². The molecular formula is C39H58O13. The van der Waals surface area contributed by atoms with Gasteiger partial charge in [-0.25, -0.2) is 0 Å². The molecule has 13 heteroatoms. The highest BCUT2D eigenvalue weighted by Crippen LogP contribution is 2.48. The Bertz CT molecular complexity index is 1420. The van der Waals surface area contributed by atoms with Crippen LogP contribution in [-0.4, -0.2) is 129 Å². The summed E-state index contributed by atoms with van der Waals surface area (Å²) >= 11 is 0. The molecule has 52 heavy (non-hydrogen) atoms. The van der Waals surface area contributed by atoms with Gasteiger partial charge in [-0.2, -0.15) is 0 Å². The summed E-state index contributed by atoms with van der Waals surface area (Å²) in [5.41, 5.74) is -0.189. The summed E-state index contributed by atoms with van der Waals surface area (Å²) in [7, 11) is 0. The predicted octanol–water partition coefficient (Wildman–Crippen LogP) is 1.97. The maximum Gasteiger partial charge on any atom is 0.316 e. The molecule has 2 bridgehead atoms. The lowest BCUT2D eigenvalue weighted by Crippen LogP contribution is -2.60. The first-order valence-corrected chi connectivity index (χ1v) is 18.9. The van der Waals surface area contributed by atoms with E-state index in [9.17, 15) is 35.4 Å². The van der Waals surface area contributed by atoms with E-state index in [2.05, 4.69) is 20.8 Å². The lowest BCUT2D eigenvalue weighted by Gasteiger charge is -2.50. The average Bonchev–Trinajstić information content (AvgIpc) is 3.44. The summed E-state index contributed by atoms with van der Waals surface area (Å²) in [5, 5.41) is 64.8. The molecular weight excluding hydrogens is 676 g/mol. The van der Waals surface area contributed by atoms with Crippen molar-refractivity contribution < 1.29 is 63.9 Å². The molecule has 292 valence electrons. The second-order valence-corrected chi connectivity index (χ2v) is 16.3. The van der Waals surface area contributed by atoms with Crippen LogP contribution in [0.2, 0.25) is 0 Å². The fourth-order valence-electron chi connectivity index (χ4n) is 8.98. The Kier molecular flexibility index (Phi) is 11.9. The van der Waals surface area contributed by atoms with E-state index in [0.717, 1.165) is 12.0 Å². The summed E-state index contributed by atoms with van der Waals surface area (Å²) in [4.78, 5) is 14.2. The number of carbonyl (C=O) groups excluding carboxylic acids is 1. The number of rotatable bonds is 4. The van der Waals surface area contributed by atoms with E-state index in [4.69, 9.17) is 28.4 Å². The Morgan fingerprint density at radius 1 is 1.02 bits per heavy atom. The van der Waals surface area contributed by atoms with Gasteiger partial charge in [-0.15, -0.1) is 0 Å². The Labute approximate surface area is 305 Å². The molecule has 0 aromatic heterocycles. The topological polar surface area (TPSA) is 194 Å². The highest BCUT2D eigenvalue weighted by Gasteiger charge is 2.60. The SMILES string of the molecule is CC1=C[C@H]2C(=O)O[C@H]3C[C@@H](C/C=C(\C)[C@@H](O[C@@H]4O[C@H](CO)[C@@H](O)[C@H](O)[C@H]4O)[C@@H](C)/C=C/C=C4\CO[C@H]([C@@H]1O)[C@@]42O)O[C@@]1(CC[C@H](C)[C@@H](C(C)C)O1)C3. The second-order valence-electron chi connectivity index (χ2n) is 16.3. The van der Waals surface area contributed by atoms with Crippen molar-refractivity contribution in [3.63, 3.8) is 0 Å². The third-order valence-electron chi connectivity index (χ3n) is 12.0. The highest BCUT2D eigenvalue weighted by atomic mass is 16.7. The molecule has 0 unspecified atom stereocenters. The monoisotopic (exact) mass is 734 g/mol. The van der Waals surface area contributed by atoms with Gasteiger partial charge in [0.25, 0.3) is 0 Å². The zero-order chi connectivity index (χ0) is 37.7. The average molecular weight is 735 g/mol. The highest BCUT2D eigenvalue weighted by molar-refractivity contribution is 5.78. The van der Waals surface area contributed by atoms with Gasteiger partial charge in [0.1, 0.15) is 54.2 Å². The minimum absolute atomic E-state index is 0.0172. The van der Waals surface area contributed by atoms with Gasteiger partial charge >= 0.3 is 5.97 Å². The van der Waals surface area contributed by atoms with Gasteiger partial charge in [-0.3, -0.25) is 4.79 Å². The molecule has 5 heterocycles. The number of aliphatic hydroxyl groups excluding tert-OH is 5. The minimum atomic E-state index is -1.87. The van der Waals surface area contributed by atoms with Gasteiger partial charge in [-0.1, -0.05) is 58.1 Å². The summed E-state index contributed by atoms with van der Waals surface area (Å²) < 4.78 is 37.9. The van der Waals surface area contributed by atoms with E-state index in [-0.39, 0.29) is 24.5 Å². The van der Waals surface area contributed by atoms with E-state index in [1.807, 2.05) is 26.0 Å². The van der Waals surface area contributed by atoms with Gasteiger partial charge in [0.2, 0.25) is 0 Å². The van der Waals surface area contributed by atoms with Crippen LogP contribution in [0.1, 0.15) is 73.6 Å². The van der Waals surface area contributed by atoms with Gasteiger partial charge in [-0.05, 0) is 55.2 Å². The van der Waals surface area contributed by atoms with Crippen molar-refractivity contribution >= 4 is 5.97 Å². The molecule has 0 amide bonds. The van der Waals surface area contributed by atoms with E-state index in [1.165, 1.54) is 0 Å². The number of fused-ring (bicyclic) bond motifs is 2. The lowest BCUT2D eigenvalue weighted by molar-refractivity contribution is -0.340. The van der Waals surface area contributed by atoms with Crippen LogP contribution in [0.5, 0.6) is 0 Å². The number of esters is 1. The minimum Gasteiger partial charge on any atom is -0.462 e. The Morgan fingerprint density at radius 3 is 2.48 bits per heavy atom. The molecule has 0 aromatic carbocycles. The van der Waals surface area contributed by atoms with Gasteiger partial charge in [0.15, 0.2) is 12.1 Å². The lowest BCUT2D eigenvalue weighted by atomic mass is 9.71. The van der Waals surface area contributed by atoms with Crippen LogP contribution >= 0.6 is 0 Å². The zero-order valence-corrected chi connectivity index (χ0v) is 31.0. The third-order valence-corrected chi connectivity index (χ3v) is 12.0. The first kappa shape index (κ1) is 39.7. The molecule has 0 radical (unpaired) electrons. The molecule has 1 spiro atoms. The normalized spacial score (nSPS) is 50.0. The van der Waals surface area contributed by atoms with Crippen molar-refractivity contribution in [2.75, 3.05) is 13.2 Å². The molecule has 6 N–H and O–H groups in total. The van der Waals surface area contributed by atoms with Crippen molar-refractivity contribution in [1.29, 1.82) is 0 Å². The molecule has 1 aliphatic carbocycles. The predicted molar refractivity (Wildman–Crippen MR) is 186 cm³/mol. The summed E-state index contributed by atoms with van der Waals surface area (Å²) in [5.74, 6) is -2.54. The molecule has 0 saturated carbocycles. The number of carbonyl (C=O) groups is 1. The van der Waals surface area contributed by atoms with E-state index < -0.39 is 91.1 Å². The van der Waals surface area contributed by atoms with Crippen LogP contribution in [0.4, 0.5) is 0 Å². The van der Waals surface area contributed by atoms with Crippen molar-refractivity contribution in [3.05, 3.63) is 47.1 Å². The quantitative estimate of drug-likeness (QED) is 0.182. The number of hydrogen-bond donors (Lipinski definition) is 6. The van der Waals surface area contributed by atoms with Gasteiger partial charge < -0.3 is 59.1 Å². The molecule has 6 aliphatic rings. The maximum absolute atomic E-state index is 14.2. The van der Waals surface area contributed by atoms with Crippen molar-refractivity contribution in [2.45, 2.75) is 152 Å². The Morgan fingerprint density at radius 2 is 1.77 bits per heavy atom. The number of aliphatic hydroxyl groups is 6. The second kappa shape index (κ2) is 15.6. The van der Waals surface area contributed by atoms with E-state index >= 15 is 0 Å². The van der Waals surface area contributed by atoms with Crippen molar-refractivity contribution in [2.24, 2.45) is 23.7 Å². The smallest absolute Gasteiger partial charge is 0.316 e. The third kappa shape index (κ3) is 7.48. The van der Waals surface area contributed by atoms with Crippen LogP contribution in [0.15, 0.2) is 47.1 Å². The van der Waals surface area contributed by atoms with Gasteiger partial charge in [0, 0.05) is 25.2 Å². The van der Waals surface area contributed by atoms with E-state index in [0.29, 0.717) is 42.7 Å². The molecule has 0 aromatic rings.